The summed E-state index contributed by atoms with van der Waals surface area (Å²) in [6, 6.07) is 8.04. The Morgan fingerprint density at radius 3 is 2.22 bits per heavy atom. The molecule has 3 atom stereocenters. The first-order valence-corrected chi connectivity index (χ1v) is 11.2. The van der Waals surface area contributed by atoms with E-state index in [2.05, 4.69) is 30.9 Å². The molecule has 2 aromatic rings. The monoisotopic (exact) mass is 441 g/mol. The highest BCUT2D eigenvalue weighted by molar-refractivity contribution is 5.62. The summed E-state index contributed by atoms with van der Waals surface area (Å²) in [4.78, 5) is 2.46. The van der Waals surface area contributed by atoms with Crippen molar-refractivity contribution in [2.75, 3.05) is 41.2 Å². The van der Waals surface area contributed by atoms with E-state index >= 15 is 0 Å². The zero-order valence-electron chi connectivity index (χ0n) is 19.4. The van der Waals surface area contributed by atoms with Gasteiger partial charge in [0.2, 0.25) is 12.5 Å². The maximum atomic E-state index is 6.76. The lowest BCUT2D eigenvalue weighted by atomic mass is 9.73. The van der Waals surface area contributed by atoms with E-state index in [0.717, 1.165) is 41.5 Å². The topological polar surface area (TPSA) is 58.6 Å². The predicted octanol–water partition coefficient (Wildman–Crippen LogP) is 4.41. The van der Waals surface area contributed by atoms with Crippen molar-refractivity contribution in [3.8, 4) is 34.5 Å². The van der Waals surface area contributed by atoms with Gasteiger partial charge < -0.3 is 28.4 Å². The Balaban J connectivity index is 1.72. The molecule has 0 spiro atoms. The van der Waals surface area contributed by atoms with Crippen LogP contribution in [0.25, 0.3) is 0 Å². The molecule has 32 heavy (non-hydrogen) atoms. The largest absolute Gasteiger partial charge is 0.493 e. The Hall–Kier alpha value is -2.80. The normalized spacial score (nSPS) is 26.4. The van der Waals surface area contributed by atoms with Gasteiger partial charge in [0.1, 0.15) is 5.75 Å². The third-order valence-corrected chi connectivity index (χ3v) is 7.31. The molecular weight excluding hydrogens is 410 g/mol. The van der Waals surface area contributed by atoms with E-state index < -0.39 is 5.72 Å². The van der Waals surface area contributed by atoms with Crippen molar-refractivity contribution >= 4 is 0 Å². The van der Waals surface area contributed by atoms with Gasteiger partial charge in [0.25, 0.3) is 0 Å². The molecule has 3 aliphatic rings. The summed E-state index contributed by atoms with van der Waals surface area (Å²) in [6.45, 7) is 6.73. The molecule has 0 aromatic heterocycles. The van der Waals surface area contributed by atoms with E-state index in [1.807, 2.05) is 12.1 Å². The lowest BCUT2D eigenvalue weighted by Crippen LogP contribution is -2.57. The smallest absolute Gasteiger partial charge is 0.231 e. The lowest BCUT2D eigenvalue weighted by Gasteiger charge is -2.50. The number of ether oxygens (including phenoxy) is 6. The fourth-order valence-corrected chi connectivity index (χ4v) is 5.48. The number of rotatable bonds is 5. The van der Waals surface area contributed by atoms with E-state index in [9.17, 15) is 0 Å². The molecule has 0 N–H and O–H groups in total. The summed E-state index contributed by atoms with van der Waals surface area (Å²) in [5.74, 6) is 4.32. The maximum Gasteiger partial charge on any atom is 0.231 e. The first-order chi connectivity index (χ1) is 15.5. The molecule has 1 saturated heterocycles. The molecule has 7 heteroatoms. The SMILES string of the molecule is COc1ccc([C@@H]2c3cc4c(cc3OC(C)(N3CCCC3)[C@H]2C)OCO4)c(OC)c1OC. The number of likely N-dealkylation sites (tertiary alicyclic amines) is 1. The average molecular weight is 442 g/mol. The van der Waals surface area contributed by atoms with Crippen LogP contribution in [0.15, 0.2) is 24.3 Å². The third-order valence-electron chi connectivity index (χ3n) is 7.31. The van der Waals surface area contributed by atoms with Crippen molar-refractivity contribution in [2.45, 2.75) is 38.3 Å². The molecule has 0 amide bonds. The molecule has 7 nitrogen and oxygen atoms in total. The van der Waals surface area contributed by atoms with Crippen LogP contribution < -0.4 is 28.4 Å². The summed E-state index contributed by atoms with van der Waals surface area (Å²) in [6.07, 6.45) is 2.37. The van der Waals surface area contributed by atoms with E-state index in [0.29, 0.717) is 17.2 Å². The quantitative estimate of drug-likeness (QED) is 0.681. The number of benzene rings is 2. The standard InChI is InChI=1S/C25H31NO6/c1-15-22(16-8-9-18(27-3)24(29-5)23(16)28-4)17-12-20-21(31-14-30-20)13-19(17)32-25(15,2)26-10-6-7-11-26/h8-9,12-13,15,22H,6-7,10-11,14H2,1-5H3/t15-,22+,25?/m0/s1. The molecule has 3 aliphatic heterocycles. The molecule has 172 valence electrons. The average Bonchev–Trinajstić information content (AvgIpc) is 3.50. The summed E-state index contributed by atoms with van der Waals surface area (Å²) < 4.78 is 35.3. The van der Waals surface area contributed by atoms with Crippen LogP contribution in [0.2, 0.25) is 0 Å². The highest BCUT2D eigenvalue weighted by atomic mass is 16.7. The minimum absolute atomic E-state index is 0.00592. The minimum atomic E-state index is -0.472. The highest BCUT2D eigenvalue weighted by Crippen LogP contribution is 2.56. The van der Waals surface area contributed by atoms with Crippen molar-refractivity contribution in [3.63, 3.8) is 0 Å². The van der Waals surface area contributed by atoms with E-state index in [1.54, 1.807) is 21.3 Å². The van der Waals surface area contributed by atoms with Crippen LogP contribution >= 0.6 is 0 Å². The molecular formula is C25H31NO6. The Morgan fingerprint density at radius 1 is 0.875 bits per heavy atom. The molecule has 0 bridgehead atoms. The fourth-order valence-electron chi connectivity index (χ4n) is 5.48. The minimum Gasteiger partial charge on any atom is -0.493 e. The van der Waals surface area contributed by atoms with Crippen molar-refractivity contribution in [3.05, 3.63) is 35.4 Å². The molecule has 5 rings (SSSR count). The van der Waals surface area contributed by atoms with Gasteiger partial charge in [0, 0.05) is 42.1 Å². The van der Waals surface area contributed by atoms with Gasteiger partial charge >= 0.3 is 0 Å². The van der Waals surface area contributed by atoms with E-state index in [-0.39, 0.29) is 18.6 Å². The predicted molar refractivity (Wildman–Crippen MR) is 120 cm³/mol. The number of nitrogens with zero attached hydrogens (tertiary/aromatic N) is 1. The Morgan fingerprint density at radius 2 is 1.56 bits per heavy atom. The van der Waals surface area contributed by atoms with Crippen molar-refractivity contribution in [1.29, 1.82) is 0 Å². The molecule has 0 radical (unpaired) electrons. The summed E-state index contributed by atoms with van der Waals surface area (Å²) in [5, 5.41) is 0. The van der Waals surface area contributed by atoms with Gasteiger partial charge in [-0.2, -0.15) is 0 Å². The number of hydrogen-bond acceptors (Lipinski definition) is 7. The Bertz CT molecular complexity index is 1020. The second kappa shape index (κ2) is 7.96. The van der Waals surface area contributed by atoms with Crippen LogP contribution in [0, 0.1) is 5.92 Å². The fraction of sp³-hybridized carbons (Fsp3) is 0.520. The van der Waals surface area contributed by atoms with Gasteiger partial charge in [-0.15, -0.1) is 0 Å². The van der Waals surface area contributed by atoms with Crippen molar-refractivity contribution in [1.82, 2.24) is 4.90 Å². The number of hydrogen-bond donors (Lipinski definition) is 0. The second-order valence-electron chi connectivity index (χ2n) is 8.78. The van der Waals surface area contributed by atoms with Crippen LogP contribution in [0.5, 0.6) is 34.5 Å². The van der Waals surface area contributed by atoms with Gasteiger partial charge in [-0.1, -0.05) is 13.0 Å². The molecule has 0 aliphatic carbocycles. The number of methoxy groups -OCH3 is 3. The van der Waals surface area contributed by atoms with Crippen molar-refractivity contribution in [2.24, 2.45) is 5.92 Å². The maximum absolute atomic E-state index is 6.76. The van der Waals surface area contributed by atoms with Crippen LogP contribution in [0.4, 0.5) is 0 Å². The second-order valence-corrected chi connectivity index (χ2v) is 8.78. The van der Waals surface area contributed by atoms with Crippen LogP contribution in [-0.2, 0) is 0 Å². The zero-order chi connectivity index (χ0) is 22.5. The van der Waals surface area contributed by atoms with E-state index in [1.165, 1.54) is 12.8 Å². The van der Waals surface area contributed by atoms with Crippen LogP contribution in [0.3, 0.4) is 0 Å². The molecule has 1 unspecified atom stereocenters. The molecule has 3 heterocycles. The molecule has 0 saturated carbocycles. The molecule has 1 fully saturated rings. The van der Waals surface area contributed by atoms with Crippen molar-refractivity contribution < 1.29 is 28.4 Å². The zero-order valence-corrected chi connectivity index (χ0v) is 19.4. The Kier molecular flexibility index (Phi) is 5.24. The van der Waals surface area contributed by atoms with Gasteiger partial charge in [0.15, 0.2) is 28.7 Å². The van der Waals surface area contributed by atoms with Crippen LogP contribution in [0.1, 0.15) is 43.7 Å². The van der Waals surface area contributed by atoms with Gasteiger partial charge in [0.05, 0.1) is 21.3 Å². The molecule has 2 aromatic carbocycles. The van der Waals surface area contributed by atoms with Gasteiger partial charge in [-0.05, 0) is 31.9 Å². The summed E-state index contributed by atoms with van der Waals surface area (Å²) in [7, 11) is 4.94. The van der Waals surface area contributed by atoms with Gasteiger partial charge in [-0.3, -0.25) is 4.90 Å². The summed E-state index contributed by atoms with van der Waals surface area (Å²) >= 11 is 0. The van der Waals surface area contributed by atoms with E-state index in [4.69, 9.17) is 28.4 Å². The Labute approximate surface area is 189 Å². The first kappa shape index (κ1) is 21.1. The first-order valence-electron chi connectivity index (χ1n) is 11.2. The summed E-state index contributed by atoms with van der Waals surface area (Å²) in [5.41, 5.74) is 1.62. The third kappa shape index (κ3) is 3.05. The number of fused-ring (bicyclic) bond motifs is 2. The lowest BCUT2D eigenvalue weighted by molar-refractivity contribution is -0.114. The van der Waals surface area contributed by atoms with Crippen LogP contribution in [-0.4, -0.2) is 51.8 Å². The van der Waals surface area contributed by atoms with Gasteiger partial charge in [-0.25, -0.2) is 0 Å². The highest BCUT2D eigenvalue weighted by Gasteiger charge is 2.50.